The van der Waals surface area contributed by atoms with Crippen LogP contribution in [0, 0.1) is 11.8 Å². The number of hydrogen-bond donors (Lipinski definition) is 0. The minimum absolute atomic E-state index is 0.327. The number of carbonyl (C=O) groups is 1. The number of nitrogens with zero attached hydrogens (tertiary/aromatic N) is 3. The van der Waals surface area contributed by atoms with Gasteiger partial charge >= 0.3 is 0 Å². The summed E-state index contributed by atoms with van der Waals surface area (Å²) in [6, 6.07) is 0.641. The maximum Gasteiger partial charge on any atom is 0.222 e. The van der Waals surface area contributed by atoms with E-state index in [-0.39, 0.29) is 5.79 Å². The first-order chi connectivity index (χ1) is 14.0. The van der Waals surface area contributed by atoms with E-state index in [0.29, 0.717) is 30.2 Å². The van der Waals surface area contributed by atoms with Crippen molar-refractivity contribution in [3.05, 3.63) is 0 Å². The fourth-order valence-corrected chi connectivity index (χ4v) is 5.80. The third-order valence-electron chi connectivity index (χ3n) is 7.09. The van der Waals surface area contributed by atoms with Crippen LogP contribution in [0.25, 0.3) is 0 Å². The molecule has 0 aromatic carbocycles. The van der Waals surface area contributed by atoms with Crippen molar-refractivity contribution in [2.24, 2.45) is 11.8 Å². The molecule has 6 heteroatoms. The Morgan fingerprint density at radius 3 is 2.59 bits per heavy atom. The van der Waals surface area contributed by atoms with Gasteiger partial charge in [-0.2, -0.15) is 0 Å². The summed E-state index contributed by atoms with van der Waals surface area (Å²) in [7, 11) is 4.18. The lowest BCUT2D eigenvalue weighted by Gasteiger charge is -2.51. The Morgan fingerprint density at radius 1 is 1.17 bits per heavy atom. The Hall–Kier alpha value is -0.690. The lowest BCUT2D eigenvalue weighted by molar-refractivity contribution is -0.203. The third-order valence-corrected chi connectivity index (χ3v) is 7.09. The van der Waals surface area contributed by atoms with Crippen molar-refractivity contribution in [1.29, 1.82) is 0 Å². The zero-order valence-electron chi connectivity index (χ0n) is 19.2. The van der Waals surface area contributed by atoms with Gasteiger partial charge in [0.15, 0.2) is 5.79 Å². The summed E-state index contributed by atoms with van der Waals surface area (Å²) in [5, 5.41) is 0. The standard InChI is InChI=1S/C23H43N3O3/c1-5-10-26-18-19(16-22(27)25(6-2)12-7-11-24(3)4)15-20-17-23(9-8-21(20)26)28-13-14-29-23/h19-21H,5-18H2,1-4H3/t19-,20-,21-/m1/s1. The summed E-state index contributed by atoms with van der Waals surface area (Å²) in [4.78, 5) is 20.0. The van der Waals surface area contributed by atoms with Crippen LogP contribution in [0.4, 0.5) is 0 Å². The van der Waals surface area contributed by atoms with E-state index in [1.165, 1.54) is 6.42 Å². The quantitative estimate of drug-likeness (QED) is 0.586. The monoisotopic (exact) mass is 409 g/mol. The Morgan fingerprint density at radius 2 is 1.93 bits per heavy atom. The molecular weight excluding hydrogens is 366 g/mol. The predicted molar refractivity (Wildman–Crippen MR) is 116 cm³/mol. The molecule has 3 atom stereocenters. The topological polar surface area (TPSA) is 45.3 Å². The molecule has 0 radical (unpaired) electrons. The molecule has 3 aliphatic rings. The van der Waals surface area contributed by atoms with Crippen molar-refractivity contribution >= 4 is 5.91 Å². The molecule has 0 bridgehead atoms. The summed E-state index contributed by atoms with van der Waals surface area (Å²) >= 11 is 0. The number of rotatable bonds is 9. The van der Waals surface area contributed by atoms with Gasteiger partial charge in [0.25, 0.3) is 0 Å². The molecule has 0 aromatic heterocycles. The minimum Gasteiger partial charge on any atom is -0.348 e. The number of carbonyl (C=O) groups excluding carboxylic acids is 1. The first kappa shape index (κ1) is 23.0. The van der Waals surface area contributed by atoms with Crippen LogP contribution < -0.4 is 0 Å². The molecule has 0 N–H and O–H groups in total. The number of hydrogen-bond acceptors (Lipinski definition) is 5. The molecule has 0 aromatic rings. The molecule has 1 saturated carbocycles. The molecular formula is C23H43N3O3. The molecule has 0 unspecified atom stereocenters. The average Bonchev–Trinajstić information content (AvgIpc) is 3.12. The third kappa shape index (κ3) is 5.93. The number of ether oxygens (including phenoxy) is 2. The van der Waals surface area contributed by atoms with Gasteiger partial charge in [-0.25, -0.2) is 0 Å². The number of piperidine rings is 1. The SMILES string of the molecule is CCCN1C[C@@H](CC(=O)N(CC)CCCN(C)C)C[C@@H]2CC3(CC[C@H]21)OCCO3. The lowest BCUT2D eigenvalue weighted by Crippen LogP contribution is -2.55. The van der Waals surface area contributed by atoms with Gasteiger partial charge in [0, 0.05) is 44.9 Å². The van der Waals surface area contributed by atoms with Crippen LogP contribution >= 0.6 is 0 Å². The molecule has 1 aliphatic carbocycles. The van der Waals surface area contributed by atoms with Crippen LogP contribution in [0.3, 0.4) is 0 Å². The lowest BCUT2D eigenvalue weighted by atomic mass is 9.72. The zero-order valence-corrected chi connectivity index (χ0v) is 19.2. The van der Waals surface area contributed by atoms with E-state index in [1.807, 2.05) is 0 Å². The summed E-state index contributed by atoms with van der Waals surface area (Å²) in [6.45, 7) is 10.8. The van der Waals surface area contributed by atoms with Gasteiger partial charge in [-0.3, -0.25) is 9.69 Å². The summed E-state index contributed by atoms with van der Waals surface area (Å²) in [5.74, 6) is 1.05. The fourth-order valence-electron chi connectivity index (χ4n) is 5.80. The number of fused-ring (bicyclic) bond motifs is 1. The van der Waals surface area contributed by atoms with Gasteiger partial charge < -0.3 is 19.3 Å². The highest BCUT2D eigenvalue weighted by Crippen LogP contribution is 2.45. The molecule has 3 rings (SSSR count). The van der Waals surface area contributed by atoms with Gasteiger partial charge in [-0.1, -0.05) is 6.92 Å². The van der Waals surface area contributed by atoms with Crippen molar-refractivity contribution in [1.82, 2.24) is 14.7 Å². The van der Waals surface area contributed by atoms with Crippen LogP contribution in [-0.2, 0) is 14.3 Å². The molecule has 3 fully saturated rings. The molecule has 1 spiro atoms. The molecule has 2 aliphatic heterocycles. The fraction of sp³-hybridized carbons (Fsp3) is 0.957. The zero-order chi connectivity index (χ0) is 20.9. The molecule has 1 amide bonds. The van der Waals surface area contributed by atoms with E-state index in [2.05, 4.69) is 42.6 Å². The molecule has 2 saturated heterocycles. The molecule has 168 valence electrons. The molecule has 6 nitrogen and oxygen atoms in total. The van der Waals surface area contributed by atoms with Crippen LogP contribution in [0.5, 0.6) is 0 Å². The second kappa shape index (κ2) is 10.6. The second-order valence-electron chi connectivity index (χ2n) is 9.61. The highest BCUT2D eigenvalue weighted by atomic mass is 16.7. The van der Waals surface area contributed by atoms with E-state index in [4.69, 9.17) is 9.47 Å². The van der Waals surface area contributed by atoms with E-state index in [1.54, 1.807) is 0 Å². The van der Waals surface area contributed by atoms with Crippen molar-refractivity contribution in [2.75, 3.05) is 60.0 Å². The first-order valence-corrected chi connectivity index (χ1v) is 11.9. The summed E-state index contributed by atoms with van der Waals surface area (Å²) in [6.07, 6.45) is 7.23. The summed E-state index contributed by atoms with van der Waals surface area (Å²) < 4.78 is 12.1. The Kier molecular flexibility index (Phi) is 8.37. The van der Waals surface area contributed by atoms with Gasteiger partial charge in [0.05, 0.1) is 13.2 Å². The van der Waals surface area contributed by atoms with Crippen molar-refractivity contribution in [2.45, 2.75) is 70.6 Å². The number of likely N-dealkylation sites (tertiary alicyclic amines) is 1. The number of amides is 1. The van der Waals surface area contributed by atoms with Crippen LogP contribution in [0.15, 0.2) is 0 Å². The first-order valence-electron chi connectivity index (χ1n) is 11.9. The van der Waals surface area contributed by atoms with Gasteiger partial charge in [-0.05, 0) is 71.6 Å². The van der Waals surface area contributed by atoms with E-state index in [0.717, 1.165) is 78.0 Å². The van der Waals surface area contributed by atoms with Crippen LogP contribution in [-0.4, -0.2) is 92.5 Å². The Balaban J connectivity index is 1.59. The highest BCUT2D eigenvalue weighted by molar-refractivity contribution is 5.76. The van der Waals surface area contributed by atoms with E-state index >= 15 is 0 Å². The largest absolute Gasteiger partial charge is 0.348 e. The van der Waals surface area contributed by atoms with Crippen LogP contribution in [0.2, 0.25) is 0 Å². The second-order valence-corrected chi connectivity index (χ2v) is 9.61. The predicted octanol–water partition coefficient (Wildman–Crippen LogP) is 2.82. The van der Waals surface area contributed by atoms with Gasteiger partial charge in [-0.15, -0.1) is 0 Å². The van der Waals surface area contributed by atoms with Crippen LogP contribution in [0.1, 0.15) is 58.8 Å². The van der Waals surface area contributed by atoms with Gasteiger partial charge in [0.2, 0.25) is 5.91 Å². The minimum atomic E-state index is -0.327. The highest BCUT2D eigenvalue weighted by Gasteiger charge is 2.48. The van der Waals surface area contributed by atoms with Crippen molar-refractivity contribution < 1.29 is 14.3 Å². The Bertz CT molecular complexity index is 521. The average molecular weight is 410 g/mol. The van der Waals surface area contributed by atoms with Crippen molar-refractivity contribution in [3.63, 3.8) is 0 Å². The Labute approximate surface area is 177 Å². The maximum atomic E-state index is 13.0. The molecule has 29 heavy (non-hydrogen) atoms. The summed E-state index contributed by atoms with van der Waals surface area (Å²) in [5.41, 5.74) is 0. The van der Waals surface area contributed by atoms with E-state index in [9.17, 15) is 4.79 Å². The maximum absolute atomic E-state index is 13.0. The van der Waals surface area contributed by atoms with E-state index < -0.39 is 0 Å². The normalized spacial score (nSPS) is 29.3. The molecule has 2 heterocycles. The smallest absolute Gasteiger partial charge is 0.222 e. The van der Waals surface area contributed by atoms with Gasteiger partial charge in [0.1, 0.15) is 0 Å². The van der Waals surface area contributed by atoms with Crippen molar-refractivity contribution in [3.8, 4) is 0 Å².